The molecule has 2 fully saturated rings. The summed E-state index contributed by atoms with van der Waals surface area (Å²) in [6.07, 6.45) is 8.92. The molecule has 0 atom stereocenters. The molecule has 7 nitrogen and oxygen atoms in total. The van der Waals surface area contributed by atoms with E-state index in [0.717, 1.165) is 49.0 Å². The van der Waals surface area contributed by atoms with Gasteiger partial charge in [0.05, 0.1) is 18.4 Å². The Kier molecular flexibility index (Phi) is 4.13. The van der Waals surface area contributed by atoms with Gasteiger partial charge in [-0.3, -0.25) is 14.8 Å². The minimum Gasteiger partial charge on any atom is -0.462 e. The van der Waals surface area contributed by atoms with E-state index >= 15 is 0 Å². The van der Waals surface area contributed by atoms with E-state index in [1.807, 2.05) is 18.2 Å². The number of anilines is 1. The zero-order valence-electron chi connectivity index (χ0n) is 15.2. The first-order chi connectivity index (χ1) is 13.2. The van der Waals surface area contributed by atoms with Crippen LogP contribution in [-0.4, -0.2) is 45.9 Å². The Morgan fingerprint density at radius 3 is 2.85 bits per heavy atom. The predicted octanol–water partition coefficient (Wildman–Crippen LogP) is 2.92. The minimum atomic E-state index is -0.491. The normalized spacial score (nSPS) is 21.9. The van der Waals surface area contributed by atoms with Gasteiger partial charge in [0.2, 0.25) is 5.79 Å². The molecule has 3 heterocycles. The zero-order valence-corrected chi connectivity index (χ0v) is 15.2. The van der Waals surface area contributed by atoms with Crippen LogP contribution in [0.15, 0.2) is 30.6 Å². The number of fused-ring (bicyclic) bond motifs is 1. The summed E-state index contributed by atoms with van der Waals surface area (Å²) in [4.78, 5) is 14.8. The molecular weight excluding hydrogens is 344 g/mol. The Labute approximate surface area is 158 Å². The number of carbonyl (C=O) groups is 1. The van der Waals surface area contributed by atoms with Gasteiger partial charge >= 0.3 is 0 Å². The van der Waals surface area contributed by atoms with Crippen LogP contribution in [0, 0.1) is 0 Å². The van der Waals surface area contributed by atoms with Crippen LogP contribution in [0.4, 0.5) is 5.69 Å². The average Bonchev–Trinajstić information content (AvgIpc) is 3.17. The number of rotatable bonds is 3. The lowest BCUT2D eigenvalue weighted by Crippen LogP contribution is -2.54. The van der Waals surface area contributed by atoms with Crippen LogP contribution in [0.5, 0.6) is 5.75 Å². The Bertz CT molecular complexity index is 824. The van der Waals surface area contributed by atoms with Crippen molar-refractivity contribution in [3.63, 3.8) is 0 Å². The second-order valence-electron chi connectivity index (χ2n) is 7.69. The van der Waals surface area contributed by atoms with Crippen LogP contribution in [0.25, 0.3) is 0 Å². The predicted molar refractivity (Wildman–Crippen MR) is 99.6 cm³/mol. The Morgan fingerprint density at radius 1 is 1.30 bits per heavy atom. The Balaban J connectivity index is 1.25. The van der Waals surface area contributed by atoms with Gasteiger partial charge in [-0.1, -0.05) is 6.42 Å². The number of hydrogen-bond acceptors (Lipinski definition) is 5. The molecule has 1 aromatic heterocycles. The molecule has 2 N–H and O–H groups in total. The second-order valence-corrected chi connectivity index (χ2v) is 7.69. The molecule has 0 radical (unpaired) electrons. The lowest BCUT2D eigenvalue weighted by molar-refractivity contribution is -0.231. The molecule has 7 heteroatoms. The molecule has 1 aromatic carbocycles. The van der Waals surface area contributed by atoms with Crippen molar-refractivity contribution < 1.29 is 14.3 Å². The maximum Gasteiger partial charge on any atom is 0.258 e. The van der Waals surface area contributed by atoms with Gasteiger partial charge < -0.3 is 14.8 Å². The number of carbonyl (C=O) groups excluding carboxylic acids is 1. The number of aromatic amines is 1. The van der Waals surface area contributed by atoms with E-state index in [4.69, 9.17) is 9.47 Å². The fourth-order valence-electron chi connectivity index (χ4n) is 4.12. The third-order valence-corrected chi connectivity index (χ3v) is 6.02. The second kappa shape index (κ2) is 6.65. The number of nitrogens with one attached hydrogen (secondary N) is 2. The number of nitrogens with zero attached hydrogens (tertiary/aromatic N) is 2. The van der Waals surface area contributed by atoms with Crippen LogP contribution in [-0.2, 0) is 11.3 Å². The van der Waals surface area contributed by atoms with Crippen molar-refractivity contribution in [1.29, 1.82) is 0 Å². The summed E-state index contributed by atoms with van der Waals surface area (Å²) < 4.78 is 12.5. The monoisotopic (exact) mass is 368 g/mol. The van der Waals surface area contributed by atoms with Crippen molar-refractivity contribution in [3.05, 3.63) is 41.7 Å². The zero-order chi connectivity index (χ0) is 18.3. The quantitative estimate of drug-likeness (QED) is 0.871. The molecule has 1 aliphatic carbocycles. The highest BCUT2D eigenvalue weighted by Crippen LogP contribution is 2.40. The van der Waals surface area contributed by atoms with E-state index in [-0.39, 0.29) is 5.91 Å². The van der Waals surface area contributed by atoms with Gasteiger partial charge in [-0.25, -0.2) is 0 Å². The van der Waals surface area contributed by atoms with E-state index in [1.165, 1.54) is 25.5 Å². The minimum absolute atomic E-state index is 0.193. The van der Waals surface area contributed by atoms with Gasteiger partial charge in [-0.05, 0) is 31.0 Å². The first kappa shape index (κ1) is 16.8. The molecule has 142 valence electrons. The summed E-state index contributed by atoms with van der Waals surface area (Å²) in [5.41, 5.74) is 2.19. The van der Waals surface area contributed by atoms with Gasteiger partial charge in [0.25, 0.3) is 5.91 Å². The van der Waals surface area contributed by atoms with Crippen molar-refractivity contribution in [2.24, 2.45) is 0 Å². The number of ether oxygens (including phenoxy) is 2. The van der Waals surface area contributed by atoms with Gasteiger partial charge in [0, 0.05) is 49.4 Å². The third-order valence-electron chi connectivity index (χ3n) is 6.02. The van der Waals surface area contributed by atoms with Gasteiger partial charge in [0.1, 0.15) is 5.75 Å². The highest BCUT2D eigenvalue weighted by Gasteiger charge is 2.42. The van der Waals surface area contributed by atoms with Crippen molar-refractivity contribution in [1.82, 2.24) is 15.1 Å². The average molecular weight is 368 g/mol. The maximum atomic E-state index is 12.2. The molecule has 0 bridgehead atoms. The smallest absolute Gasteiger partial charge is 0.258 e. The first-order valence-electron chi connectivity index (χ1n) is 9.71. The van der Waals surface area contributed by atoms with Crippen LogP contribution >= 0.6 is 0 Å². The molecule has 2 aromatic rings. The number of benzene rings is 1. The molecule has 3 aliphatic rings. The maximum absolute atomic E-state index is 12.2. The van der Waals surface area contributed by atoms with Gasteiger partial charge in [0.15, 0.2) is 0 Å². The Hall–Kier alpha value is -2.38. The van der Waals surface area contributed by atoms with Crippen molar-refractivity contribution in [3.8, 4) is 5.75 Å². The van der Waals surface area contributed by atoms with E-state index in [2.05, 4.69) is 20.4 Å². The number of likely N-dealkylation sites (tertiary alicyclic amines) is 1. The molecule has 1 amide bonds. The van der Waals surface area contributed by atoms with E-state index in [1.54, 1.807) is 6.20 Å². The van der Waals surface area contributed by atoms with Gasteiger partial charge in [-0.2, -0.15) is 5.10 Å². The highest BCUT2D eigenvalue weighted by molar-refractivity contribution is 6.03. The fraction of sp³-hybridized carbons (Fsp3) is 0.500. The largest absolute Gasteiger partial charge is 0.462 e. The summed E-state index contributed by atoms with van der Waals surface area (Å²) in [7, 11) is 0. The van der Waals surface area contributed by atoms with Crippen LogP contribution in [0.1, 0.15) is 48.0 Å². The number of piperidine rings is 1. The summed E-state index contributed by atoms with van der Waals surface area (Å²) in [5.74, 6) is 0.176. The summed E-state index contributed by atoms with van der Waals surface area (Å²) in [5, 5.41) is 9.32. The number of H-pyrrole nitrogens is 1. The first-order valence-corrected chi connectivity index (χ1v) is 9.71. The SMILES string of the molecule is O=C(Nc1ccc2c(c1)COC1(CCN(C3CCC3)CC1)O2)c1cn[nH]c1. The number of amides is 1. The van der Waals surface area contributed by atoms with Crippen LogP contribution in [0.3, 0.4) is 0 Å². The summed E-state index contributed by atoms with van der Waals surface area (Å²) >= 11 is 0. The van der Waals surface area contributed by atoms with E-state index in [9.17, 15) is 4.79 Å². The fourth-order valence-corrected chi connectivity index (χ4v) is 4.12. The van der Waals surface area contributed by atoms with Crippen molar-refractivity contribution >= 4 is 11.6 Å². The summed E-state index contributed by atoms with van der Waals surface area (Å²) in [6, 6.07) is 6.51. The van der Waals surface area contributed by atoms with E-state index < -0.39 is 5.79 Å². The third kappa shape index (κ3) is 3.21. The molecule has 2 aliphatic heterocycles. The molecule has 0 unspecified atom stereocenters. The molecule has 1 saturated carbocycles. The molecule has 1 saturated heterocycles. The lowest BCUT2D eigenvalue weighted by Gasteiger charge is -2.47. The standard InChI is InChI=1S/C20H24N4O3/c25-19(15-11-21-22-12-15)23-16-4-5-18-14(10-16)13-26-20(27-18)6-8-24(9-7-20)17-2-1-3-17/h4-5,10-12,17H,1-3,6-9,13H2,(H,21,22)(H,23,25). The van der Waals surface area contributed by atoms with Crippen LogP contribution in [0.2, 0.25) is 0 Å². The van der Waals surface area contributed by atoms with E-state index in [0.29, 0.717) is 12.2 Å². The molecule has 1 spiro atoms. The lowest BCUT2D eigenvalue weighted by atomic mass is 9.89. The van der Waals surface area contributed by atoms with Crippen molar-refractivity contribution in [2.75, 3.05) is 18.4 Å². The molecule has 5 rings (SSSR count). The van der Waals surface area contributed by atoms with Gasteiger partial charge in [-0.15, -0.1) is 0 Å². The topological polar surface area (TPSA) is 79.5 Å². The molecular formula is C20H24N4O3. The number of aromatic nitrogens is 2. The highest BCUT2D eigenvalue weighted by atomic mass is 16.7. The summed E-state index contributed by atoms with van der Waals surface area (Å²) in [6.45, 7) is 2.59. The molecule has 27 heavy (non-hydrogen) atoms. The van der Waals surface area contributed by atoms with Crippen LogP contribution < -0.4 is 10.1 Å². The number of hydrogen-bond donors (Lipinski definition) is 2. The van der Waals surface area contributed by atoms with Crippen molar-refractivity contribution in [2.45, 2.75) is 50.5 Å². The Morgan fingerprint density at radius 2 is 2.15 bits per heavy atom.